The van der Waals surface area contributed by atoms with Crippen molar-refractivity contribution >= 4 is 21.8 Å². The summed E-state index contributed by atoms with van der Waals surface area (Å²) < 4.78 is 36.6. The topological polar surface area (TPSA) is 105 Å². The lowest BCUT2D eigenvalue weighted by Crippen LogP contribution is -2.45. The van der Waals surface area contributed by atoms with E-state index < -0.39 is 15.9 Å². The highest BCUT2D eigenvalue weighted by atomic mass is 32.2. The minimum absolute atomic E-state index is 0.0277. The summed E-state index contributed by atoms with van der Waals surface area (Å²) in [5.41, 5.74) is 0.190. The Morgan fingerprint density at radius 3 is 2.45 bits per heavy atom. The molecule has 2 saturated heterocycles. The molecule has 2 amide bonds. The van der Waals surface area contributed by atoms with Crippen LogP contribution in [0, 0.1) is 5.92 Å². The molecule has 3 rings (SSSR count). The van der Waals surface area contributed by atoms with Crippen LogP contribution < -0.4 is 5.32 Å². The standard InChI is InChI=1S/C19H27N3O6S/c1-21(2)29(25,26)16-5-3-4-15(12-16)18(24)20-13-17(23)22-8-6-14(7-9-22)19-27-10-11-28-19/h3-5,12,14,19H,6-11,13H2,1-2H3,(H,20,24). The number of piperidine rings is 1. The Hall–Kier alpha value is -2.01. The first-order valence-corrected chi connectivity index (χ1v) is 11.0. The van der Waals surface area contributed by atoms with E-state index in [4.69, 9.17) is 9.47 Å². The number of benzene rings is 1. The molecule has 10 heteroatoms. The number of ether oxygens (including phenoxy) is 2. The largest absolute Gasteiger partial charge is 0.350 e. The number of carbonyl (C=O) groups excluding carboxylic acids is 2. The summed E-state index contributed by atoms with van der Waals surface area (Å²) >= 11 is 0. The summed E-state index contributed by atoms with van der Waals surface area (Å²) in [6.45, 7) is 2.29. The van der Waals surface area contributed by atoms with Crippen LogP contribution in [0.5, 0.6) is 0 Å². The molecule has 2 fully saturated rings. The van der Waals surface area contributed by atoms with Crippen LogP contribution in [0.3, 0.4) is 0 Å². The Bertz CT molecular complexity index is 843. The monoisotopic (exact) mass is 425 g/mol. The zero-order chi connectivity index (χ0) is 21.0. The Morgan fingerprint density at radius 2 is 1.83 bits per heavy atom. The first-order chi connectivity index (χ1) is 13.8. The highest BCUT2D eigenvalue weighted by molar-refractivity contribution is 7.89. The summed E-state index contributed by atoms with van der Waals surface area (Å²) in [6, 6.07) is 5.76. The van der Waals surface area contributed by atoms with E-state index in [0.717, 1.165) is 17.1 Å². The summed E-state index contributed by atoms with van der Waals surface area (Å²) in [6.07, 6.45) is 1.43. The average molecular weight is 426 g/mol. The van der Waals surface area contributed by atoms with Gasteiger partial charge >= 0.3 is 0 Å². The van der Waals surface area contributed by atoms with Crippen LogP contribution in [0.15, 0.2) is 29.2 Å². The van der Waals surface area contributed by atoms with Crippen molar-refractivity contribution in [3.8, 4) is 0 Å². The third-order valence-corrected chi connectivity index (χ3v) is 7.01. The minimum atomic E-state index is -3.64. The zero-order valence-corrected chi connectivity index (χ0v) is 17.5. The minimum Gasteiger partial charge on any atom is -0.350 e. The van der Waals surface area contributed by atoms with Gasteiger partial charge in [-0.25, -0.2) is 12.7 Å². The average Bonchev–Trinajstić information content (AvgIpc) is 3.26. The van der Waals surface area contributed by atoms with Gasteiger partial charge in [-0.05, 0) is 31.0 Å². The molecule has 2 aliphatic rings. The molecule has 1 aromatic rings. The van der Waals surface area contributed by atoms with Crippen LogP contribution >= 0.6 is 0 Å². The number of carbonyl (C=O) groups is 2. The Kier molecular flexibility index (Phi) is 6.89. The van der Waals surface area contributed by atoms with Crippen LogP contribution in [0.2, 0.25) is 0 Å². The second-order valence-corrected chi connectivity index (χ2v) is 9.48. The van der Waals surface area contributed by atoms with Crippen LogP contribution in [-0.2, 0) is 24.3 Å². The molecule has 1 N–H and O–H groups in total. The summed E-state index contributed by atoms with van der Waals surface area (Å²) in [5, 5.41) is 2.58. The SMILES string of the molecule is CN(C)S(=O)(=O)c1cccc(C(=O)NCC(=O)N2CCC(C3OCCO3)CC2)c1. The number of sulfonamides is 1. The van der Waals surface area contributed by atoms with Gasteiger partial charge in [-0.15, -0.1) is 0 Å². The molecule has 1 aromatic carbocycles. The fraction of sp³-hybridized carbons (Fsp3) is 0.579. The van der Waals surface area contributed by atoms with Crippen molar-refractivity contribution in [2.75, 3.05) is 46.9 Å². The van der Waals surface area contributed by atoms with Gasteiger partial charge in [0, 0.05) is 38.7 Å². The zero-order valence-electron chi connectivity index (χ0n) is 16.7. The first-order valence-electron chi connectivity index (χ1n) is 9.61. The van der Waals surface area contributed by atoms with E-state index >= 15 is 0 Å². The van der Waals surface area contributed by atoms with E-state index in [1.54, 1.807) is 4.90 Å². The van der Waals surface area contributed by atoms with Gasteiger partial charge in [0.15, 0.2) is 6.29 Å². The summed E-state index contributed by atoms with van der Waals surface area (Å²) in [7, 11) is -0.785. The number of hydrogen-bond acceptors (Lipinski definition) is 6. The number of nitrogens with one attached hydrogen (secondary N) is 1. The number of likely N-dealkylation sites (tertiary alicyclic amines) is 1. The summed E-state index contributed by atoms with van der Waals surface area (Å²) in [4.78, 5) is 26.6. The molecule has 2 heterocycles. The van der Waals surface area contributed by atoms with Gasteiger partial charge in [-0.2, -0.15) is 0 Å². The molecule has 0 radical (unpaired) electrons. The molecule has 9 nitrogen and oxygen atoms in total. The second-order valence-electron chi connectivity index (χ2n) is 7.33. The molecular formula is C19H27N3O6S. The molecule has 0 atom stereocenters. The number of nitrogens with zero attached hydrogens (tertiary/aromatic N) is 2. The predicted octanol–water partition coefficient (Wildman–Crippen LogP) is 0.278. The van der Waals surface area contributed by atoms with Crippen molar-refractivity contribution in [3.63, 3.8) is 0 Å². The smallest absolute Gasteiger partial charge is 0.251 e. The first kappa shape index (κ1) is 21.7. The highest BCUT2D eigenvalue weighted by Gasteiger charge is 2.31. The van der Waals surface area contributed by atoms with Gasteiger partial charge in [0.05, 0.1) is 24.7 Å². The molecule has 160 valence electrons. The van der Waals surface area contributed by atoms with E-state index in [-0.39, 0.29) is 35.1 Å². The van der Waals surface area contributed by atoms with E-state index in [0.29, 0.717) is 26.3 Å². The quantitative estimate of drug-likeness (QED) is 0.702. The van der Waals surface area contributed by atoms with Gasteiger partial charge < -0.3 is 19.7 Å². The molecule has 0 bridgehead atoms. The molecule has 2 aliphatic heterocycles. The lowest BCUT2D eigenvalue weighted by atomic mass is 9.96. The molecular weight excluding hydrogens is 398 g/mol. The Morgan fingerprint density at radius 1 is 1.17 bits per heavy atom. The van der Waals surface area contributed by atoms with Crippen molar-refractivity contribution < 1.29 is 27.5 Å². The Balaban J connectivity index is 1.51. The second kappa shape index (κ2) is 9.21. The molecule has 0 aliphatic carbocycles. The van der Waals surface area contributed by atoms with Gasteiger partial charge in [0.1, 0.15) is 0 Å². The van der Waals surface area contributed by atoms with Crippen LogP contribution in [-0.4, -0.2) is 82.7 Å². The molecule has 0 unspecified atom stereocenters. The lowest BCUT2D eigenvalue weighted by molar-refractivity contribution is -0.135. The number of rotatable bonds is 6. The highest BCUT2D eigenvalue weighted by Crippen LogP contribution is 2.25. The number of hydrogen-bond donors (Lipinski definition) is 1. The van der Waals surface area contributed by atoms with Crippen molar-refractivity contribution in [3.05, 3.63) is 29.8 Å². The van der Waals surface area contributed by atoms with E-state index in [1.807, 2.05) is 0 Å². The van der Waals surface area contributed by atoms with Gasteiger partial charge in [0.25, 0.3) is 5.91 Å². The maximum Gasteiger partial charge on any atom is 0.251 e. The fourth-order valence-electron chi connectivity index (χ4n) is 3.45. The molecule has 29 heavy (non-hydrogen) atoms. The van der Waals surface area contributed by atoms with Gasteiger partial charge in [-0.3, -0.25) is 9.59 Å². The van der Waals surface area contributed by atoms with Crippen molar-refractivity contribution in [1.29, 1.82) is 0 Å². The van der Waals surface area contributed by atoms with Crippen molar-refractivity contribution in [1.82, 2.24) is 14.5 Å². The number of amides is 2. The Labute approximate surface area is 171 Å². The molecule has 0 spiro atoms. The van der Waals surface area contributed by atoms with E-state index in [2.05, 4.69) is 5.32 Å². The molecule has 0 saturated carbocycles. The van der Waals surface area contributed by atoms with Crippen LogP contribution in [0.4, 0.5) is 0 Å². The lowest BCUT2D eigenvalue weighted by Gasteiger charge is -2.33. The fourth-order valence-corrected chi connectivity index (χ4v) is 4.40. The van der Waals surface area contributed by atoms with E-state index in [1.165, 1.54) is 38.4 Å². The maximum atomic E-state index is 12.4. The van der Waals surface area contributed by atoms with Crippen LogP contribution in [0.25, 0.3) is 0 Å². The predicted molar refractivity (Wildman–Crippen MR) is 105 cm³/mol. The van der Waals surface area contributed by atoms with Gasteiger partial charge in [0.2, 0.25) is 15.9 Å². The third-order valence-electron chi connectivity index (χ3n) is 5.20. The normalized spacial score (nSPS) is 18.9. The summed E-state index contributed by atoms with van der Waals surface area (Å²) in [5.74, 6) is -0.364. The van der Waals surface area contributed by atoms with Crippen molar-refractivity contribution in [2.45, 2.75) is 24.0 Å². The third kappa shape index (κ3) is 5.13. The maximum absolute atomic E-state index is 12.4. The van der Waals surface area contributed by atoms with Crippen molar-refractivity contribution in [2.24, 2.45) is 5.92 Å². The van der Waals surface area contributed by atoms with Crippen LogP contribution in [0.1, 0.15) is 23.2 Å². The molecule has 0 aromatic heterocycles. The van der Waals surface area contributed by atoms with E-state index in [9.17, 15) is 18.0 Å². The van der Waals surface area contributed by atoms with Gasteiger partial charge in [-0.1, -0.05) is 6.07 Å².